The van der Waals surface area contributed by atoms with E-state index in [-0.39, 0.29) is 0 Å². The van der Waals surface area contributed by atoms with Crippen molar-refractivity contribution in [3.05, 3.63) is 0 Å². The van der Waals surface area contributed by atoms with Crippen LogP contribution in [0.1, 0.15) is 45.4 Å². The summed E-state index contributed by atoms with van der Waals surface area (Å²) in [5, 5.41) is 0. The van der Waals surface area contributed by atoms with Gasteiger partial charge in [0.05, 0.1) is 0 Å². The quantitative estimate of drug-likeness (QED) is 0.227. The van der Waals surface area contributed by atoms with E-state index < -0.39 is 8.07 Å². The topological polar surface area (TPSA) is 0 Å². The van der Waals surface area contributed by atoms with Gasteiger partial charge in [-0.3, -0.25) is 0 Å². The number of alkyl halides is 1. The highest BCUT2D eigenvalue weighted by molar-refractivity contribution is 14.1. The Morgan fingerprint density at radius 3 is 2.00 bits per heavy atom. The number of hydrogen-bond acceptors (Lipinski definition) is 0. The summed E-state index contributed by atoms with van der Waals surface area (Å²) in [6.45, 7) is 7.43. The summed E-state index contributed by atoms with van der Waals surface area (Å²) in [6.07, 6.45) is 8.71. The second-order valence-corrected chi connectivity index (χ2v) is 11.5. The van der Waals surface area contributed by atoms with E-state index in [1.54, 1.807) is 12.1 Å². The summed E-state index contributed by atoms with van der Waals surface area (Å²) >= 11 is 2.51. The molecule has 0 bridgehead atoms. The summed E-state index contributed by atoms with van der Waals surface area (Å²) in [7, 11) is -0.789. The molecule has 0 saturated carbocycles. The highest BCUT2D eigenvalue weighted by Gasteiger charge is 2.18. The Morgan fingerprint density at radius 1 is 0.857 bits per heavy atom. The first-order chi connectivity index (χ1) is 6.62. The molecule has 0 aliphatic heterocycles. The molecule has 0 saturated heterocycles. The van der Waals surface area contributed by atoms with Gasteiger partial charge in [-0.05, 0) is 10.8 Å². The molecule has 0 fully saturated rings. The molecule has 86 valence electrons. The standard InChI is InChI=1S/C12H27ISi/c1-4-5-6-7-8-11-14(2,3)12-9-10-13/h4-12H2,1-3H3. The molecule has 0 aromatic carbocycles. The van der Waals surface area contributed by atoms with Gasteiger partial charge in [-0.15, -0.1) is 0 Å². The number of unbranched alkanes of at least 4 members (excludes halogenated alkanes) is 4. The third-order valence-corrected chi connectivity index (χ3v) is 7.12. The predicted octanol–water partition coefficient (Wildman–Crippen LogP) is 5.49. The molecule has 0 radical (unpaired) electrons. The zero-order valence-electron chi connectivity index (χ0n) is 10.2. The van der Waals surface area contributed by atoms with Crippen LogP contribution in [-0.2, 0) is 0 Å². The third kappa shape index (κ3) is 9.50. The first-order valence-corrected chi connectivity index (χ1v) is 11.1. The van der Waals surface area contributed by atoms with Crippen LogP contribution >= 0.6 is 22.6 Å². The van der Waals surface area contributed by atoms with Crippen molar-refractivity contribution in [3.63, 3.8) is 0 Å². The largest absolute Gasteiger partial charge is 0.0864 e. The van der Waals surface area contributed by atoms with Crippen LogP contribution in [0.2, 0.25) is 25.2 Å². The fourth-order valence-corrected chi connectivity index (χ4v) is 5.57. The SMILES string of the molecule is CCCCCCC[Si](C)(C)CCCI. The van der Waals surface area contributed by atoms with E-state index >= 15 is 0 Å². The van der Waals surface area contributed by atoms with Gasteiger partial charge in [0.1, 0.15) is 0 Å². The van der Waals surface area contributed by atoms with Gasteiger partial charge in [-0.2, -0.15) is 0 Å². The summed E-state index contributed by atoms with van der Waals surface area (Å²) < 4.78 is 1.35. The Kier molecular flexibility index (Phi) is 9.81. The summed E-state index contributed by atoms with van der Waals surface area (Å²) in [6, 6.07) is 3.11. The Balaban J connectivity index is 3.35. The molecule has 0 spiro atoms. The molecule has 0 aromatic rings. The second kappa shape index (κ2) is 9.19. The van der Waals surface area contributed by atoms with Crippen LogP contribution in [-0.4, -0.2) is 12.5 Å². The summed E-state index contributed by atoms with van der Waals surface area (Å²) in [5.74, 6) is 0. The van der Waals surface area contributed by atoms with Crippen molar-refractivity contribution < 1.29 is 0 Å². The minimum atomic E-state index is -0.789. The smallest absolute Gasteiger partial charge is 0.0474 e. The Morgan fingerprint density at radius 2 is 1.43 bits per heavy atom. The number of halogens is 1. The minimum absolute atomic E-state index is 0.789. The molecule has 0 N–H and O–H groups in total. The van der Waals surface area contributed by atoms with Crippen molar-refractivity contribution in [1.82, 2.24) is 0 Å². The fraction of sp³-hybridized carbons (Fsp3) is 1.00. The van der Waals surface area contributed by atoms with Crippen LogP contribution in [0.3, 0.4) is 0 Å². The lowest BCUT2D eigenvalue weighted by Gasteiger charge is -2.21. The normalized spacial score (nSPS) is 12.0. The molecule has 0 heterocycles. The van der Waals surface area contributed by atoms with Gasteiger partial charge >= 0.3 is 0 Å². The van der Waals surface area contributed by atoms with Crippen LogP contribution < -0.4 is 0 Å². The summed E-state index contributed by atoms with van der Waals surface area (Å²) in [4.78, 5) is 0. The van der Waals surface area contributed by atoms with Crippen LogP contribution in [0.4, 0.5) is 0 Å². The maximum absolute atomic E-state index is 2.57. The third-order valence-electron chi connectivity index (χ3n) is 2.94. The van der Waals surface area contributed by atoms with Gasteiger partial charge in [0, 0.05) is 8.07 Å². The highest BCUT2D eigenvalue weighted by atomic mass is 127. The van der Waals surface area contributed by atoms with Gasteiger partial charge < -0.3 is 0 Å². The molecule has 0 aliphatic carbocycles. The highest BCUT2D eigenvalue weighted by Crippen LogP contribution is 2.21. The van der Waals surface area contributed by atoms with Crippen LogP contribution in [0, 0.1) is 0 Å². The molecular weight excluding hydrogens is 299 g/mol. The molecule has 0 nitrogen and oxygen atoms in total. The first kappa shape index (κ1) is 14.9. The van der Waals surface area contributed by atoms with Gasteiger partial charge in [0.15, 0.2) is 0 Å². The lowest BCUT2D eigenvalue weighted by Crippen LogP contribution is -2.24. The van der Waals surface area contributed by atoms with Crippen molar-refractivity contribution in [2.45, 2.75) is 70.6 Å². The number of rotatable bonds is 9. The molecule has 0 atom stereocenters. The van der Waals surface area contributed by atoms with Crippen molar-refractivity contribution in [3.8, 4) is 0 Å². The van der Waals surface area contributed by atoms with Gasteiger partial charge in [0.25, 0.3) is 0 Å². The van der Waals surface area contributed by atoms with Crippen LogP contribution in [0.25, 0.3) is 0 Å². The zero-order valence-corrected chi connectivity index (χ0v) is 13.4. The molecule has 0 aromatic heterocycles. The van der Waals surface area contributed by atoms with E-state index in [1.807, 2.05) is 0 Å². The predicted molar refractivity (Wildman–Crippen MR) is 79.4 cm³/mol. The molecular formula is C12H27ISi. The molecule has 0 unspecified atom stereocenters. The molecule has 0 aliphatic rings. The maximum atomic E-state index is 2.57. The molecule has 14 heavy (non-hydrogen) atoms. The second-order valence-electron chi connectivity index (χ2n) is 5.12. The van der Waals surface area contributed by atoms with E-state index in [2.05, 4.69) is 42.6 Å². The monoisotopic (exact) mass is 326 g/mol. The van der Waals surface area contributed by atoms with Crippen LogP contribution in [0.15, 0.2) is 0 Å². The van der Waals surface area contributed by atoms with Gasteiger partial charge in [-0.25, -0.2) is 0 Å². The Labute approximate surface area is 105 Å². The van der Waals surface area contributed by atoms with Gasteiger partial charge in [0.2, 0.25) is 0 Å². The zero-order chi connectivity index (χ0) is 10.9. The average Bonchev–Trinajstić information content (AvgIpc) is 2.15. The van der Waals surface area contributed by atoms with Crippen molar-refractivity contribution in [1.29, 1.82) is 0 Å². The first-order valence-electron chi connectivity index (χ1n) is 6.18. The lowest BCUT2D eigenvalue weighted by atomic mass is 10.2. The van der Waals surface area contributed by atoms with Gasteiger partial charge in [-0.1, -0.05) is 86.8 Å². The lowest BCUT2D eigenvalue weighted by molar-refractivity contribution is 0.652. The van der Waals surface area contributed by atoms with Crippen molar-refractivity contribution >= 4 is 30.7 Å². The molecule has 0 rings (SSSR count). The fourth-order valence-electron chi connectivity index (χ4n) is 1.88. The number of hydrogen-bond donors (Lipinski definition) is 0. The van der Waals surface area contributed by atoms with E-state index in [1.165, 1.54) is 43.0 Å². The van der Waals surface area contributed by atoms with Crippen molar-refractivity contribution in [2.24, 2.45) is 0 Å². The van der Waals surface area contributed by atoms with E-state index in [9.17, 15) is 0 Å². The van der Waals surface area contributed by atoms with E-state index in [0.29, 0.717) is 0 Å². The Bertz CT molecular complexity index is 123. The summed E-state index contributed by atoms with van der Waals surface area (Å²) in [5.41, 5.74) is 0. The molecule has 0 amide bonds. The van der Waals surface area contributed by atoms with Crippen molar-refractivity contribution in [2.75, 3.05) is 4.43 Å². The maximum Gasteiger partial charge on any atom is 0.0474 e. The Hall–Kier alpha value is 0.947. The average molecular weight is 326 g/mol. The molecule has 2 heteroatoms. The van der Waals surface area contributed by atoms with E-state index in [0.717, 1.165) is 0 Å². The van der Waals surface area contributed by atoms with Crippen LogP contribution in [0.5, 0.6) is 0 Å². The van der Waals surface area contributed by atoms with E-state index in [4.69, 9.17) is 0 Å². The minimum Gasteiger partial charge on any atom is -0.0864 e.